The first-order valence-electron chi connectivity index (χ1n) is 9.72. The Kier molecular flexibility index (Phi) is 6.25. The molecular formula is C20H28FN7O2. The molecule has 2 amide bonds. The zero-order valence-electron chi connectivity index (χ0n) is 17.9. The zero-order chi connectivity index (χ0) is 21.9. The van der Waals surface area contributed by atoms with Gasteiger partial charge in [-0.3, -0.25) is 5.10 Å². The van der Waals surface area contributed by atoms with Crippen molar-refractivity contribution in [3.05, 3.63) is 24.1 Å². The molecule has 4 N–H and O–H groups in total. The molecule has 1 aromatic carbocycles. The zero-order valence-corrected chi connectivity index (χ0v) is 17.9. The second-order valence-electron chi connectivity index (χ2n) is 8.38. The highest BCUT2D eigenvalue weighted by Crippen LogP contribution is 2.29. The third-order valence-corrected chi connectivity index (χ3v) is 4.16. The summed E-state index contributed by atoms with van der Waals surface area (Å²) in [5.41, 5.74) is 1.63. The molecular weight excluding hydrogens is 389 g/mol. The van der Waals surface area contributed by atoms with Crippen molar-refractivity contribution in [2.45, 2.75) is 32.7 Å². The maximum absolute atomic E-state index is 14.4. The van der Waals surface area contributed by atoms with Crippen molar-refractivity contribution in [2.75, 3.05) is 32.6 Å². The van der Waals surface area contributed by atoms with Crippen LogP contribution in [0.2, 0.25) is 0 Å². The number of nitrogens with zero attached hydrogens (tertiary/aromatic N) is 3. The van der Waals surface area contributed by atoms with Gasteiger partial charge in [-0.25, -0.2) is 14.2 Å². The number of halogens is 1. The van der Waals surface area contributed by atoms with Crippen molar-refractivity contribution in [2.24, 2.45) is 0 Å². The van der Waals surface area contributed by atoms with Crippen LogP contribution in [0.4, 0.5) is 14.9 Å². The van der Waals surface area contributed by atoms with E-state index in [0.717, 1.165) is 13.0 Å². The number of benzene rings is 1. The summed E-state index contributed by atoms with van der Waals surface area (Å²) >= 11 is 0. The van der Waals surface area contributed by atoms with E-state index in [2.05, 4.69) is 30.8 Å². The largest absolute Gasteiger partial charge is 0.490 e. The molecule has 3 aromatic rings. The van der Waals surface area contributed by atoms with Crippen LogP contribution >= 0.6 is 0 Å². The summed E-state index contributed by atoms with van der Waals surface area (Å²) in [6, 6.07) is 2.56. The standard InChI is InChI=1S/C20H28FN7O2/c1-20(2,3)26-19(29)25-15-11-22-27-17(15)18-23-13-9-12(21)16(10-14(13)24-18)30-8-6-7-28(4)5/h9-11H,6-8H2,1-5H3,(H,22,27)(H,23,24)(H2,25,26,29). The number of H-pyrrole nitrogens is 2. The number of carbonyl (C=O) groups excluding carboxylic acids is 1. The van der Waals surface area contributed by atoms with E-state index in [1.807, 2.05) is 39.8 Å². The SMILES string of the molecule is CN(C)CCCOc1cc2nc(-c3[nH]ncc3NC(=O)NC(C)(C)C)[nH]c2cc1F. The number of amides is 2. The van der Waals surface area contributed by atoms with Gasteiger partial charge < -0.3 is 25.3 Å². The number of aromatic amines is 2. The van der Waals surface area contributed by atoms with Crippen LogP contribution < -0.4 is 15.4 Å². The summed E-state index contributed by atoms with van der Waals surface area (Å²) in [4.78, 5) is 21.8. The number of rotatable bonds is 7. The van der Waals surface area contributed by atoms with E-state index in [4.69, 9.17) is 4.74 Å². The summed E-state index contributed by atoms with van der Waals surface area (Å²) in [6.45, 7) is 6.93. The topological polar surface area (TPSA) is 111 Å². The Bertz CT molecular complexity index is 1020. The summed E-state index contributed by atoms with van der Waals surface area (Å²) < 4.78 is 20.0. The molecule has 30 heavy (non-hydrogen) atoms. The van der Waals surface area contributed by atoms with Crippen molar-refractivity contribution in [3.63, 3.8) is 0 Å². The molecule has 10 heteroatoms. The van der Waals surface area contributed by atoms with Crippen LogP contribution in [0.1, 0.15) is 27.2 Å². The minimum Gasteiger partial charge on any atom is -0.490 e. The molecule has 0 bridgehead atoms. The van der Waals surface area contributed by atoms with E-state index in [-0.39, 0.29) is 17.3 Å². The van der Waals surface area contributed by atoms with Crippen molar-refractivity contribution in [3.8, 4) is 17.3 Å². The normalized spacial score (nSPS) is 11.8. The lowest BCUT2D eigenvalue weighted by Gasteiger charge is -2.20. The lowest BCUT2D eigenvalue weighted by atomic mass is 10.1. The fourth-order valence-corrected chi connectivity index (χ4v) is 2.86. The van der Waals surface area contributed by atoms with Crippen molar-refractivity contribution >= 4 is 22.8 Å². The molecule has 0 saturated heterocycles. The molecule has 0 fully saturated rings. The molecule has 0 radical (unpaired) electrons. The molecule has 0 unspecified atom stereocenters. The first-order valence-corrected chi connectivity index (χ1v) is 9.72. The number of urea groups is 1. The van der Waals surface area contributed by atoms with Gasteiger partial charge in [0.25, 0.3) is 0 Å². The van der Waals surface area contributed by atoms with Crippen LogP contribution in [-0.4, -0.2) is 63.9 Å². The van der Waals surface area contributed by atoms with E-state index >= 15 is 0 Å². The molecule has 0 aliphatic heterocycles. The number of fused-ring (bicyclic) bond motifs is 1. The quantitative estimate of drug-likeness (QED) is 0.441. The van der Waals surface area contributed by atoms with Gasteiger partial charge in [-0.2, -0.15) is 5.10 Å². The number of anilines is 1. The summed E-state index contributed by atoms with van der Waals surface area (Å²) in [7, 11) is 3.95. The number of carbonyl (C=O) groups is 1. The minimum absolute atomic E-state index is 0.159. The van der Waals surface area contributed by atoms with Gasteiger partial charge in [0.05, 0.1) is 29.5 Å². The number of nitrogens with one attached hydrogen (secondary N) is 4. The number of imidazole rings is 1. The van der Waals surface area contributed by atoms with Gasteiger partial charge in [-0.15, -0.1) is 0 Å². The van der Waals surface area contributed by atoms with E-state index < -0.39 is 5.82 Å². The average molecular weight is 417 g/mol. The van der Waals surface area contributed by atoms with Gasteiger partial charge in [0.1, 0.15) is 5.69 Å². The van der Waals surface area contributed by atoms with Gasteiger partial charge in [0, 0.05) is 24.2 Å². The van der Waals surface area contributed by atoms with Crippen molar-refractivity contribution < 1.29 is 13.9 Å². The fraction of sp³-hybridized carbons (Fsp3) is 0.450. The predicted octanol–water partition coefficient (Wildman–Crippen LogP) is 3.34. The highest BCUT2D eigenvalue weighted by Gasteiger charge is 2.18. The number of hydrogen-bond donors (Lipinski definition) is 4. The first-order chi connectivity index (χ1) is 14.1. The van der Waals surface area contributed by atoms with Gasteiger partial charge in [0.2, 0.25) is 0 Å². The van der Waals surface area contributed by atoms with Crippen LogP contribution in [0, 0.1) is 5.82 Å². The Balaban J connectivity index is 1.78. The Morgan fingerprint density at radius 2 is 2.07 bits per heavy atom. The second kappa shape index (κ2) is 8.70. The van der Waals surface area contributed by atoms with E-state index in [0.29, 0.717) is 34.8 Å². The van der Waals surface area contributed by atoms with Crippen LogP contribution in [-0.2, 0) is 0 Å². The Morgan fingerprint density at radius 3 is 2.77 bits per heavy atom. The molecule has 2 aromatic heterocycles. The average Bonchev–Trinajstić information content (AvgIpc) is 3.22. The molecule has 0 spiro atoms. The van der Waals surface area contributed by atoms with E-state index in [1.54, 1.807) is 6.07 Å². The third kappa shape index (κ3) is 5.47. The summed E-state index contributed by atoms with van der Waals surface area (Å²) in [5, 5.41) is 12.4. The molecule has 0 saturated carbocycles. The van der Waals surface area contributed by atoms with Crippen molar-refractivity contribution in [1.29, 1.82) is 0 Å². The van der Waals surface area contributed by atoms with Gasteiger partial charge >= 0.3 is 6.03 Å². The molecule has 9 nitrogen and oxygen atoms in total. The molecule has 0 aliphatic rings. The van der Waals surface area contributed by atoms with E-state index in [1.165, 1.54) is 12.3 Å². The molecule has 2 heterocycles. The molecule has 0 atom stereocenters. The smallest absolute Gasteiger partial charge is 0.319 e. The van der Waals surface area contributed by atoms with Crippen LogP contribution in [0.5, 0.6) is 5.75 Å². The lowest BCUT2D eigenvalue weighted by molar-refractivity contribution is 0.244. The van der Waals surface area contributed by atoms with Gasteiger partial charge in [0.15, 0.2) is 17.4 Å². The molecule has 162 valence electrons. The summed E-state index contributed by atoms with van der Waals surface area (Å²) in [6.07, 6.45) is 2.28. The number of aromatic nitrogens is 4. The molecule has 0 aliphatic carbocycles. The maximum Gasteiger partial charge on any atom is 0.319 e. The monoisotopic (exact) mass is 417 g/mol. The Morgan fingerprint density at radius 1 is 1.30 bits per heavy atom. The van der Waals surface area contributed by atoms with Gasteiger partial charge in [-0.1, -0.05) is 0 Å². The highest BCUT2D eigenvalue weighted by atomic mass is 19.1. The minimum atomic E-state index is -0.463. The number of ether oxygens (including phenoxy) is 1. The van der Waals surface area contributed by atoms with Crippen LogP contribution in [0.3, 0.4) is 0 Å². The summed E-state index contributed by atoms with van der Waals surface area (Å²) in [5.74, 6) is 0.125. The third-order valence-electron chi connectivity index (χ3n) is 4.16. The van der Waals surface area contributed by atoms with E-state index in [9.17, 15) is 9.18 Å². The Hall–Kier alpha value is -3.14. The molecule has 3 rings (SSSR count). The van der Waals surface area contributed by atoms with Crippen LogP contribution in [0.15, 0.2) is 18.3 Å². The maximum atomic E-state index is 14.4. The number of hydrogen-bond acceptors (Lipinski definition) is 5. The highest BCUT2D eigenvalue weighted by molar-refractivity contribution is 5.93. The van der Waals surface area contributed by atoms with Crippen molar-refractivity contribution in [1.82, 2.24) is 30.4 Å². The van der Waals surface area contributed by atoms with Gasteiger partial charge in [-0.05, 0) is 41.3 Å². The first kappa shape index (κ1) is 21.6. The van der Waals surface area contributed by atoms with Crippen LogP contribution in [0.25, 0.3) is 22.6 Å². The predicted molar refractivity (Wildman–Crippen MR) is 114 cm³/mol. The second-order valence-corrected chi connectivity index (χ2v) is 8.38. The fourth-order valence-electron chi connectivity index (χ4n) is 2.86. The Labute approximate surface area is 174 Å². The lowest BCUT2D eigenvalue weighted by Crippen LogP contribution is -2.43.